The van der Waals surface area contributed by atoms with Gasteiger partial charge in [-0.25, -0.2) is 4.57 Å². The fourth-order valence-electron chi connectivity index (χ4n) is 2.04. The van der Waals surface area contributed by atoms with E-state index in [4.69, 9.17) is 20.3 Å². The van der Waals surface area contributed by atoms with Crippen LogP contribution < -0.4 is 10.3 Å². The molecule has 10 heteroatoms. The number of aromatic nitrogens is 1. The first-order valence-electron chi connectivity index (χ1n) is 6.10. The molecule has 0 bridgehead atoms. The predicted octanol–water partition coefficient (Wildman–Crippen LogP) is -1.17. The number of hydrogen-bond donors (Lipinski definition) is 4. The minimum atomic E-state index is -4.62. The largest absolute Gasteiger partial charge is 0.469 e. The van der Waals surface area contributed by atoms with Crippen molar-refractivity contribution in [1.29, 1.82) is 0 Å². The van der Waals surface area contributed by atoms with E-state index < -0.39 is 38.8 Å². The Kier molecular flexibility index (Phi) is 4.72. The highest BCUT2D eigenvalue weighted by molar-refractivity contribution is 7.46. The molecule has 1 fully saturated rings. The van der Waals surface area contributed by atoms with E-state index in [0.717, 1.165) is 0 Å². The third-order valence-corrected chi connectivity index (χ3v) is 3.54. The molecule has 0 radical (unpaired) electrons. The summed E-state index contributed by atoms with van der Waals surface area (Å²) in [5, 5.41) is 9.83. The third-order valence-electron chi connectivity index (χ3n) is 3.05. The highest BCUT2D eigenvalue weighted by Crippen LogP contribution is 2.37. The summed E-state index contributed by atoms with van der Waals surface area (Å²) < 4.78 is 22.0. The van der Waals surface area contributed by atoms with Gasteiger partial charge in [0.25, 0.3) is 12.1 Å². The van der Waals surface area contributed by atoms with E-state index in [2.05, 4.69) is 4.52 Å². The molecule has 9 nitrogen and oxygen atoms in total. The van der Waals surface area contributed by atoms with Crippen LogP contribution in [-0.4, -0.2) is 39.6 Å². The Bertz CT molecular complexity index is 575. The molecule has 21 heavy (non-hydrogen) atoms. The number of phosphoric acid groups is 1. The van der Waals surface area contributed by atoms with Crippen LogP contribution in [0.5, 0.6) is 0 Å². The van der Waals surface area contributed by atoms with Crippen LogP contribution in [0.3, 0.4) is 0 Å². The van der Waals surface area contributed by atoms with Gasteiger partial charge in [0.2, 0.25) is 0 Å². The van der Waals surface area contributed by atoms with Gasteiger partial charge in [0.15, 0.2) is 12.4 Å². The van der Waals surface area contributed by atoms with E-state index in [0.29, 0.717) is 0 Å². The summed E-state index contributed by atoms with van der Waals surface area (Å²) in [5.41, 5.74) is 5.47. The minimum absolute atomic E-state index is 0.196. The number of nitrogens with zero attached hydrogens (tertiary/aromatic N) is 1. The van der Waals surface area contributed by atoms with Crippen molar-refractivity contribution in [3.63, 3.8) is 0 Å². The fourth-order valence-corrected chi connectivity index (χ4v) is 2.38. The zero-order chi connectivity index (χ0) is 15.6. The standard InChI is InChI=1S/C11H15N2O7P/c12-11(15)7-2-1-3-13(5-7)10-4-8(14)9(20-10)6-19-21(16,17)18/h1-3,5,8-10,14H,4,6H2,(H3-,12,15,16,17,18)/p+1/t8-,9+,10-/m0/s1. The maximum absolute atomic E-state index is 11.1. The van der Waals surface area contributed by atoms with Gasteiger partial charge in [-0.3, -0.25) is 9.32 Å². The van der Waals surface area contributed by atoms with Crippen LogP contribution in [0, 0.1) is 0 Å². The summed E-state index contributed by atoms with van der Waals surface area (Å²) in [4.78, 5) is 28.4. The molecule has 1 aliphatic rings. The van der Waals surface area contributed by atoms with Crippen molar-refractivity contribution in [2.24, 2.45) is 5.73 Å². The number of hydrogen-bond acceptors (Lipinski definition) is 5. The normalized spacial score (nSPS) is 26.0. The number of aliphatic hydroxyl groups is 1. The Morgan fingerprint density at radius 1 is 1.57 bits per heavy atom. The van der Waals surface area contributed by atoms with Gasteiger partial charge < -0.3 is 25.4 Å². The Balaban J connectivity index is 2.05. The van der Waals surface area contributed by atoms with Gasteiger partial charge in [-0.1, -0.05) is 0 Å². The van der Waals surface area contributed by atoms with E-state index in [1.807, 2.05) is 0 Å². The number of carbonyl (C=O) groups excluding carboxylic acids is 1. The second kappa shape index (κ2) is 6.18. The number of ether oxygens (including phenoxy) is 1. The molecule has 2 rings (SSSR count). The Morgan fingerprint density at radius 2 is 2.29 bits per heavy atom. The molecule has 0 saturated carbocycles. The lowest BCUT2D eigenvalue weighted by Crippen LogP contribution is -2.40. The minimum Gasteiger partial charge on any atom is -0.390 e. The molecule has 0 unspecified atom stereocenters. The SMILES string of the molecule is NC(=O)c1ccc[n+]([C@@H]2C[C@H](O)[C@@H](COP(=O)(O)O)O2)c1. The van der Waals surface area contributed by atoms with Crippen LogP contribution in [0.15, 0.2) is 24.5 Å². The molecule has 0 spiro atoms. The van der Waals surface area contributed by atoms with Crippen LogP contribution in [0.2, 0.25) is 0 Å². The summed E-state index contributed by atoms with van der Waals surface area (Å²) in [5.74, 6) is -0.593. The third kappa shape index (κ3) is 4.31. The molecular weight excluding hydrogens is 303 g/mol. The lowest BCUT2D eigenvalue weighted by molar-refractivity contribution is -0.759. The Labute approximate surface area is 120 Å². The number of aliphatic hydroxyl groups excluding tert-OH is 1. The summed E-state index contributed by atoms with van der Waals surface area (Å²) >= 11 is 0. The number of amides is 1. The average Bonchev–Trinajstić information content (AvgIpc) is 2.77. The molecule has 1 aromatic heterocycles. The van der Waals surface area contributed by atoms with E-state index in [1.165, 1.54) is 6.20 Å². The molecule has 116 valence electrons. The highest BCUT2D eigenvalue weighted by Gasteiger charge is 2.40. The number of rotatable bonds is 5. The monoisotopic (exact) mass is 319 g/mol. The van der Waals surface area contributed by atoms with Crippen molar-refractivity contribution in [2.45, 2.75) is 24.9 Å². The van der Waals surface area contributed by atoms with Gasteiger partial charge in [0.1, 0.15) is 11.7 Å². The van der Waals surface area contributed by atoms with Crippen molar-refractivity contribution in [3.05, 3.63) is 30.1 Å². The smallest absolute Gasteiger partial charge is 0.390 e. The first kappa shape index (κ1) is 16.0. The van der Waals surface area contributed by atoms with Gasteiger partial charge >= 0.3 is 7.82 Å². The van der Waals surface area contributed by atoms with E-state index >= 15 is 0 Å². The van der Waals surface area contributed by atoms with Crippen molar-refractivity contribution < 1.29 is 38.1 Å². The average molecular weight is 319 g/mol. The lowest BCUT2D eigenvalue weighted by Gasteiger charge is -2.13. The zero-order valence-electron chi connectivity index (χ0n) is 10.9. The Morgan fingerprint density at radius 3 is 2.90 bits per heavy atom. The summed E-state index contributed by atoms with van der Waals surface area (Å²) in [6, 6.07) is 3.15. The summed E-state index contributed by atoms with van der Waals surface area (Å²) in [6.07, 6.45) is 0.924. The van der Waals surface area contributed by atoms with Gasteiger partial charge in [-0.2, -0.15) is 4.57 Å². The van der Waals surface area contributed by atoms with Crippen molar-refractivity contribution in [2.75, 3.05) is 6.61 Å². The topological polar surface area (TPSA) is 143 Å². The van der Waals surface area contributed by atoms with Gasteiger partial charge in [0.05, 0.1) is 19.1 Å². The number of carbonyl (C=O) groups is 1. The van der Waals surface area contributed by atoms with E-state index in [-0.39, 0.29) is 12.0 Å². The maximum atomic E-state index is 11.1. The van der Waals surface area contributed by atoms with Crippen LogP contribution in [0.4, 0.5) is 0 Å². The van der Waals surface area contributed by atoms with Crippen molar-refractivity contribution in [3.8, 4) is 0 Å². The first-order valence-corrected chi connectivity index (χ1v) is 7.63. The van der Waals surface area contributed by atoms with Crippen LogP contribution in [0.1, 0.15) is 23.0 Å². The summed E-state index contributed by atoms with van der Waals surface area (Å²) in [7, 11) is -4.62. The van der Waals surface area contributed by atoms with Gasteiger partial charge in [-0.05, 0) is 6.07 Å². The van der Waals surface area contributed by atoms with Crippen molar-refractivity contribution in [1.82, 2.24) is 0 Å². The highest BCUT2D eigenvalue weighted by atomic mass is 31.2. The number of primary amides is 1. The molecule has 1 saturated heterocycles. The van der Waals surface area contributed by atoms with Gasteiger partial charge in [0, 0.05) is 6.07 Å². The van der Waals surface area contributed by atoms with Crippen LogP contribution in [0.25, 0.3) is 0 Å². The van der Waals surface area contributed by atoms with Crippen LogP contribution >= 0.6 is 7.82 Å². The molecule has 3 atom stereocenters. The number of phosphoric ester groups is 1. The molecule has 0 aromatic carbocycles. The number of nitrogens with two attached hydrogens (primary N) is 1. The van der Waals surface area contributed by atoms with E-state index in [9.17, 15) is 14.5 Å². The van der Waals surface area contributed by atoms with E-state index in [1.54, 1.807) is 22.9 Å². The van der Waals surface area contributed by atoms with Crippen LogP contribution in [-0.2, 0) is 13.8 Å². The zero-order valence-corrected chi connectivity index (χ0v) is 11.8. The lowest BCUT2D eigenvalue weighted by atomic mass is 10.2. The molecule has 0 aliphatic carbocycles. The molecule has 5 N–H and O–H groups in total. The maximum Gasteiger partial charge on any atom is 0.469 e. The molecule has 1 aliphatic heterocycles. The Hall–Kier alpha value is -1.35. The second-order valence-electron chi connectivity index (χ2n) is 4.62. The number of pyridine rings is 1. The quantitative estimate of drug-likeness (QED) is 0.395. The first-order chi connectivity index (χ1) is 9.76. The molecule has 2 heterocycles. The summed E-state index contributed by atoms with van der Waals surface area (Å²) in [6.45, 7) is -0.433. The predicted molar refractivity (Wildman–Crippen MR) is 67.7 cm³/mol. The fraction of sp³-hybridized carbons (Fsp3) is 0.455. The van der Waals surface area contributed by atoms with Gasteiger partial charge in [-0.15, -0.1) is 0 Å². The van der Waals surface area contributed by atoms with Crippen molar-refractivity contribution >= 4 is 13.7 Å². The molecule has 1 aromatic rings. The molecular formula is C11H16N2O7P+. The second-order valence-corrected chi connectivity index (χ2v) is 5.86. The molecule has 1 amide bonds.